The van der Waals surface area contributed by atoms with Gasteiger partial charge in [-0.25, -0.2) is 13.6 Å². The van der Waals surface area contributed by atoms with E-state index in [1.165, 1.54) is 18.2 Å². The molecule has 5 nitrogen and oxygen atoms in total. The Labute approximate surface area is 204 Å². The highest BCUT2D eigenvalue weighted by Gasteiger charge is 2.49. The summed E-state index contributed by atoms with van der Waals surface area (Å²) in [5, 5.41) is 13.0. The molecule has 0 aromatic heterocycles. The van der Waals surface area contributed by atoms with E-state index >= 15 is 0 Å². The molecule has 2 aliphatic heterocycles. The number of hydrogen-bond donors (Lipinski definition) is 2. The Balaban J connectivity index is 1.35. The second-order valence-electron chi connectivity index (χ2n) is 9.28. The van der Waals surface area contributed by atoms with Gasteiger partial charge in [-0.05, 0) is 54.8 Å². The third-order valence-electron chi connectivity index (χ3n) is 7.21. The lowest BCUT2D eigenvalue weighted by Gasteiger charge is -2.57. The van der Waals surface area contributed by atoms with Gasteiger partial charge in [0.15, 0.2) is 0 Å². The van der Waals surface area contributed by atoms with Crippen LogP contribution in [0.15, 0.2) is 72.8 Å². The van der Waals surface area contributed by atoms with E-state index < -0.39 is 5.82 Å². The molecule has 2 saturated heterocycles. The number of benzene rings is 3. The van der Waals surface area contributed by atoms with Gasteiger partial charge in [0.2, 0.25) is 0 Å². The van der Waals surface area contributed by atoms with Gasteiger partial charge in [-0.2, -0.15) is 0 Å². The smallest absolute Gasteiger partial charge is 0.321 e. The van der Waals surface area contributed by atoms with Crippen molar-refractivity contribution in [2.45, 2.75) is 30.8 Å². The van der Waals surface area contributed by atoms with E-state index in [0.29, 0.717) is 24.3 Å². The maximum absolute atomic E-state index is 14.2. The van der Waals surface area contributed by atoms with Crippen LogP contribution in [0.25, 0.3) is 11.1 Å². The molecule has 0 saturated carbocycles. The van der Waals surface area contributed by atoms with Crippen LogP contribution in [0, 0.1) is 11.6 Å². The summed E-state index contributed by atoms with van der Waals surface area (Å²) in [6, 6.07) is 20.2. The van der Waals surface area contributed by atoms with E-state index in [2.05, 4.69) is 10.2 Å². The average molecular weight is 478 g/mol. The molecule has 7 heteroatoms. The molecule has 3 aromatic rings. The van der Waals surface area contributed by atoms with Crippen molar-refractivity contribution in [3.05, 3.63) is 90.0 Å². The van der Waals surface area contributed by atoms with Gasteiger partial charge < -0.3 is 15.3 Å². The summed E-state index contributed by atoms with van der Waals surface area (Å²) in [6.07, 6.45) is 1.79. The number of nitrogens with one attached hydrogen (secondary N) is 1. The Kier molecular flexibility index (Phi) is 6.79. The van der Waals surface area contributed by atoms with Gasteiger partial charge in [-0.3, -0.25) is 4.90 Å². The first-order valence-corrected chi connectivity index (χ1v) is 12.1. The number of rotatable bonds is 4. The molecule has 0 radical (unpaired) electrons. The van der Waals surface area contributed by atoms with Gasteiger partial charge in [0.25, 0.3) is 0 Å². The van der Waals surface area contributed by atoms with Gasteiger partial charge in [0.05, 0.1) is 6.61 Å². The molecule has 3 atom stereocenters. The number of hydrogen-bond acceptors (Lipinski definition) is 3. The third-order valence-corrected chi connectivity index (χ3v) is 7.21. The molecular weight excluding hydrogens is 448 g/mol. The second kappa shape index (κ2) is 10.1. The molecule has 2 amide bonds. The zero-order chi connectivity index (χ0) is 24.4. The highest BCUT2D eigenvalue weighted by atomic mass is 19.1. The number of halogens is 2. The molecule has 182 valence electrons. The summed E-state index contributed by atoms with van der Waals surface area (Å²) in [6.45, 7) is 2.04. The van der Waals surface area contributed by atoms with Crippen LogP contribution < -0.4 is 5.32 Å². The Bertz CT molecular complexity index is 1190. The standard InChI is InChI=1S/C28H29F2N3O2/c29-21-6-5-7-22(16-21)31-28(35)32-14-3-4-15-33-25(17-32)27(26(33)18-34)20-12-10-19(11-13-20)23-8-1-2-9-24(23)30/h1-2,5-13,16,25-27,34H,3-4,14-15,17-18H2,(H,31,35)/t25-,26-,27+/m1/s1. The van der Waals surface area contributed by atoms with Crippen LogP contribution in [0.3, 0.4) is 0 Å². The highest BCUT2D eigenvalue weighted by molar-refractivity contribution is 5.89. The highest BCUT2D eigenvalue weighted by Crippen LogP contribution is 2.42. The molecule has 2 aliphatic rings. The first-order valence-electron chi connectivity index (χ1n) is 12.1. The topological polar surface area (TPSA) is 55.8 Å². The molecular formula is C28H29F2N3O2. The summed E-state index contributed by atoms with van der Waals surface area (Å²) in [5.41, 5.74) is 2.85. The minimum absolute atomic E-state index is 0.0226. The number of carbonyl (C=O) groups excluding carboxylic acids is 1. The van der Waals surface area contributed by atoms with Crippen molar-refractivity contribution in [3.63, 3.8) is 0 Å². The number of nitrogens with zero attached hydrogens (tertiary/aromatic N) is 2. The van der Waals surface area contributed by atoms with Crippen molar-refractivity contribution in [2.75, 3.05) is 31.6 Å². The normalized spacial score (nSPS) is 22.5. The quantitative estimate of drug-likeness (QED) is 0.551. The SMILES string of the molecule is O=C(Nc1cccc(F)c1)N1CCCCN2[C@H](CO)[C@@H](c3ccc(-c4ccccc4F)cc3)[C@H]2C1. The van der Waals surface area contributed by atoms with Gasteiger partial charge in [-0.1, -0.05) is 48.5 Å². The van der Waals surface area contributed by atoms with Gasteiger partial charge in [-0.15, -0.1) is 0 Å². The fourth-order valence-corrected chi connectivity index (χ4v) is 5.47. The van der Waals surface area contributed by atoms with Crippen molar-refractivity contribution in [3.8, 4) is 11.1 Å². The number of anilines is 1. The van der Waals surface area contributed by atoms with E-state index in [-0.39, 0.29) is 36.5 Å². The molecule has 3 aromatic carbocycles. The van der Waals surface area contributed by atoms with E-state index in [1.807, 2.05) is 30.3 Å². The number of urea groups is 1. The first-order chi connectivity index (χ1) is 17.0. The third kappa shape index (κ3) is 4.79. The van der Waals surface area contributed by atoms with Crippen molar-refractivity contribution < 1.29 is 18.7 Å². The maximum Gasteiger partial charge on any atom is 0.321 e. The molecule has 2 N–H and O–H groups in total. The second-order valence-corrected chi connectivity index (χ2v) is 9.28. The predicted molar refractivity (Wildman–Crippen MR) is 132 cm³/mol. The first kappa shape index (κ1) is 23.5. The van der Waals surface area contributed by atoms with Crippen molar-refractivity contribution >= 4 is 11.7 Å². The molecule has 2 heterocycles. The van der Waals surface area contributed by atoms with Crippen molar-refractivity contribution in [1.82, 2.24) is 9.80 Å². The molecule has 0 bridgehead atoms. The summed E-state index contributed by atoms with van der Waals surface area (Å²) in [5.74, 6) is -0.606. The minimum atomic E-state index is -0.398. The van der Waals surface area contributed by atoms with Crippen molar-refractivity contribution in [2.24, 2.45) is 0 Å². The monoisotopic (exact) mass is 477 g/mol. The molecule has 2 fully saturated rings. The lowest BCUT2D eigenvalue weighted by atomic mass is 9.74. The van der Waals surface area contributed by atoms with Crippen LogP contribution in [0.4, 0.5) is 19.3 Å². The zero-order valence-electron chi connectivity index (χ0n) is 19.4. The van der Waals surface area contributed by atoms with Gasteiger partial charge >= 0.3 is 6.03 Å². The summed E-state index contributed by atoms with van der Waals surface area (Å²) < 4.78 is 27.8. The van der Waals surface area contributed by atoms with Crippen LogP contribution in [0.5, 0.6) is 0 Å². The fraction of sp³-hybridized carbons (Fsp3) is 0.321. The van der Waals surface area contributed by atoms with E-state index in [1.54, 1.807) is 29.2 Å². The number of fused-ring (bicyclic) bond motifs is 1. The van der Waals surface area contributed by atoms with E-state index in [9.17, 15) is 18.7 Å². The Morgan fingerprint density at radius 1 is 0.971 bits per heavy atom. The number of amides is 2. The Morgan fingerprint density at radius 2 is 1.74 bits per heavy atom. The fourth-order valence-electron chi connectivity index (χ4n) is 5.47. The van der Waals surface area contributed by atoms with E-state index in [0.717, 1.165) is 30.5 Å². The average Bonchev–Trinajstić information content (AvgIpc) is 2.84. The number of carbonyl (C=O) groups is 1. The maximum atomic E-state index is 14.2. The molecule has 5 rings (SSSR count). The number of aliphatic hydroxyl groups excluding tert-OH is 1. The largest absolute Gasteiger partial charge is 0.395 e. The van der Waals surface area contributed by atoms with Crippen LogP contribution in [0.1, 0.15) is 24.3 Å². The lowest BCUT2D eigenvalue weighted by molar-refractivity contribution is -0.0585. The van der Waals surface area contributed by atoms with Crippen LogP contribution in [0.2, 0.25) is 0 Å². The van der Waals surface area contributed by atoms with Gasteiger partial charge in [0.1, 0.15) is 11.6 Å². The van der Waals surface area contributed by atoms with Crippen LogP contribution >= 0.6 is 0 Å². The number of aliphatic hydroxyl groups is 1. The molecule has 0 aliphatic carbocycles. The minimum Gasteiger partial charge on any atom is -0.395 e. The molecule has 0 spiro atoms. The summed E-state index contributed by atoms with van der Waals surface area (Å²) in [7, 11) is 0. The van der Waals surface area contributed by atoms with Crippen LogP contribution in [-0.4, -0.2) is 59.3 Å². The lowest BCUT2D eigenvalue weighted by Crippen LogP contribution is -2.68. The molecule has 35 heavy (non-hydrogen) atoms. The van der Waals surface area contributed by atoms with Gasteiger partial charge in [0, 0.05) is 42.3 Å². The van der Waals surface area contributed by atoms with E-state index in [4.69, 9.17) is 0 Å². The predicted octanol–water partition coefficient (Wildman–Crippen LogP) is 5.09. The Morgan fingerprint density at radius 3 is 2.49 bits per heavy atom. The summed E-state index contributed by atoms with van der Waals surface area (Å²) >= 11 is 0. The zero-order valence-corrected chi connectivity index (χ0v) is 19.4. The Hall–Kier alpha value is -3.29. The van der Waals surface area contributed by atoms with Crippen molar-refractivity contribution in [1.29, 1.82) is 0 Å². The van der Waals surface area contributed by atoms with Crippen LogP contribution in [-0.2, 0) is 0 Å². The molecule has 0 unspecified atom stereocenters. The summed E-state index contributed by atoms with van der Waals surface area (Å²) in [4.78, 5) is 17.1.